The highest BCUT2D eigenvalue weighted by Gasteiger charge is 2.12. The molecule has 1 aromatic heterocycles. The second kappa shape index (κ2) is 7.99. The predicted molar refractivity (Wildman–Crippen MR) is 99.4 cm³/mol. The van der Waals surface area contributed by atoms with Crippen LogP contribution in [0, 0.1) is 6.92 Å². The van der Waals surface area contributed by atoms with E-state index in [-0.39, 0.29) is 6.61 Å². The van der Waals surface area contributed by atoms with Gasteiger partial charge in [0, 0.05) is 23.9 Å². The molecule has 1 N–H and O–H groups in total. The number of hydrogen-bond donors (Lipinski definition) is 1. The Morgan fingerprint density at radius 2 is 1.92 bits per heavy atom. The molecule has 0 amide bonds. The highest BCUT2D eigenvalue weighted by atomic mass is 16.5. The number of nitrogens with zero attached hydrogens (tertiary/aromatic N) is 2. The molecule has 1 heterocycles. The molecule has 0 fully saturated rings. The molecule has 130 valence electrons. The summed E-state index contributed by atoms with van der Waals surface area (Å²) >= 11 is 0. The number of rotatable bonds is 7. The van der Waals surface area contributed by atoms with Crippen LogP contribution >= 0.6 is 0 Å². The number of benzene rings is 2. The SMILES string of the molecule is CCCn1cc(-c2cc(C)c(OCc3ccccc3)c(CO)c2)cn1. The van der Waals surface area contributed by atoms with E-state index in [1.807, 2.05) is 60.4 Å². The molecule has 0 radical (unpaired) electrons. The van der Waals surface area contributed by atoms with Crippen molar-refractivity contribution >= 4 is 0 Å². The number of aliphatic hydroxyl groups excluding tert-OH is 1. The first-order valence-corrected chi connectivity index (χ1v) is 8.65. The van der Waals surface area contributed by atoms with Gasteiger partial charge in [-0.15, -0.1) is 0 Å². The van der Waals surface area contributed by atoms with Crippen molar-refractivity contribution in [3.8, 4) is 16.9 Å². The molecule has 0 saturated heterocycles. The van der Waals surface area contributed by atoms with Crippen molar-refractivity contribution in [2.45, 2.75) is 40.0 Å². The fraction of sp³-hybridized carbons (Fsp3) is 0.286. The summed E-state index contributed by atoms with van der Waals surface area (Å²) in [5.41, 5.74) is 5.03. The van der Waals surface area contributed by atoms with Crippen LogP contribution in [-0.2, 0) is 19.8 Å². The highest BCUT2D eigenvalue weighted by Crippen LogP contribution is 2.31. The van der Waals surface area contributed by atoms with Gasteiger partial charge in [0.25, 0.3) is 0 Å². The van der Waals surface area contributed by atoms with Crippen LogP contribution in [0.5, 0.6) is 5.75 Å². The van der Waals surface area contributed by atoms with E-state index in [4.69, 9.17) is 4.74 Å². The van der Waals surface area contributed by atoms with E-state index in [2.05, 4.69) is 18.1 Å². The fourth-order valence-electron chi connectivity index (χ4n) is 2.93. The largest absolute Gasteiger partial charge is 0.488 e. The highest BCUT2D eigenvalue weighted by molar-refractivity contribution is 5.66. The van der Waals surface area contributed by atoms with Crippen LogP contribution in [0.2, 0.25) is 0 Å². The number of aromatic nitrogens is 2. The van der Waals surface area contributed by atoms with Gasteiger partial charge < -0.3 is 9.84 Å². The van der Waals surface area contributed by atoms with Crippen molar-refractivity contribution in [3.05, 3.63) is 71.5 Å². The lowest BCUT2D eigenvalue weighted by Crippen LogP contribution is -2.01. The summed E-state index contributed by atoms with van der Waals surface area (Å²) in [5.74, 6) is 0.760. The Balaban J connectivity index is 1.85. The molecule has 25 heavy (non-hydrogen) atoms. The molecule has 4 heteroatoms. The number of aryl methyl sites for hydroxylation is 2. The third-order valence-electron chi connectivity index (χ3n) is 4.17. The second-order valence-electron chi connectivity index (χ2n) is 6.21. The van der Waals surface area contributed by atoms with Gasteiger partial charge in [0.1, 0.15) is 12.4 Å². The quantitative estimate of drug-likeness (QED) is 0.698. The normalized spacial score (nSPS) is 10.8. The van der Waals surface area contributed by atoms with Crippen molar-refractivity contribution in [1.29, 1.82) is 0 Å². The maximum Gasteiger partial charge on any atom is 0.128 e. The van der Waals surface area contributed by atoms with E-state index in [0.29, 0.717) is 6.61 Å². The summed E-state index contributed by atoms with van der Waals surface area (Å²) in [7, 11) is 0. The van der Waals surface area contributed by atoms with Crippen molar-refractivity contribution in [2.24, 2.45) is 0 Å². The summed E-state index contributed by atoms with van der Waals surface area (Å²) in [4.78, 5) is 0. The molecule has 0 bridgehead atoms. The average molecular weight is 336 g/mol. The van der Waals surface area contributed by atoms with Crippen LogP contribution in [0.15, 0.2) is 54.9 Å². The van der Waals surface area contributed by atoms with E-state index in [1.54, 1.807) is 0 Å². The Bertz CT molecular complexity index is 825. The van der Waals surface area contributed by atoms with Crippen LogP contribution in [0.4, 0.5) is 0 Å². The molecular formula is C21H24N2O2. The lowest BCUT2D eigenvalue weighted by molar-refractivity contribution is 0.258. The third kappa shape index (κ3) is 4.09. The maximum atomic E-state index is 9.80. The van der Waals surface area contributed by atoms with E-state index in [9.17, 15) is 5.11 Å². The van der Waals surface area contributed by atoms with Crippen molar-refractivity contribution in [1.82, 2.24) is 9.78 Å². The molecule has 0 atom stereocenters. The van der Waals surface area contributed by atoms with Gasteiger partial charge in [-0.3, -0.25) is 4.68 Å². The molecule has 0 aliphatic carbocycles. The first kappa shape index (κ1) is 17.2. The van der Waals surface area contributed by atoms with Gasteiger partial charge in [-0.25, -0.2) is 0 Å². The van der Waals surface area contributed by atoms with Crippen molar-refractivity contribution < 1.29 is 9.84 Å². The molecule has 0 unspecified atom stereocenters. The smallest absolute Gasteiger partial charge is 0.128 e. The Morgan fingerprint density at radius 1 is 1.12 bits per heavy atom. The minimum absolute atomic E-state index is 0.0537. The maximum absolute atomic E-state index is 9.80. The lowest BCUT2D eigenvalue weighted by Gasteiger charge is -2.15. The minimum Gasteiger partial charge on any atom is -0.488 e. The van der Waals surface area contributed by atoms with Gasteiger partial charge >= 0.3 is 0 Å². The zero-order chi connectivity index (χ0) is 17.6. The Morgan fingerprint density at radius 3 is 2.64 bits per heavy atom. The summed E-state index contributed by atoms with van der Waals surface area (Å²) in [6, 6.07) is 14.1. The molecular weight excluding hydrogens is 312 g/mol. The van der Waals surface area contributed by atoms with Crippen LogP contribution in [-0.4, -0.2) is 14.9 Å². The van der Waals surface area contributed by atoms with Crippen LogP contribution in [0.1, 0.15) is 30.0 Å². The van der Waals surface area contributed by atoms with Gasteiger partial charge in [0.15, 0.2) is 0 Å². The second-order valence-corrected chi connectivity index (χ2v) is 6.21. The van der Waals surface area contributed by atoms with Crippen LogP contribution in [0.3, 0.4) is 0 Å². The van der Waals surface area contributed by atoms with Gasteiger partial charge in [0.05, 0.1) is 12.8 Å². The summed E-state index contributed by atoms with van der Waals surface area (Å²) in [6.07, 6.45) is 4.97. The monoisotopic (exact) mass is 336 g/mol. The summed E-state index contributed by atoms with van der Waals surface area (Å²) in [6.45, 7) is 5.49. The standard InChI is InChI=1S/C21H24N2O2/c1-3-9-23-13-20(12-22-23)18-10-16(2)21(19(11-18)14-24)25-15-17-7-5-4-6-8-17/h4-8,10-13,24H,3,9,14-15H2,1-2H3. The fourth-order valence-corrected chi connectivity index (χ4v) is 2.93. The number of ether oxygens (including phenoxy) is 1. The topological polar surface area (TPSA) is 47.3 Å². The van der Waals surface area contributed by atoms with E-state index < -0.39 is 0 Å². The Kier molecular flexibility index (Phi) is 5.51. The first-order valence-electron chi connectivity index (χ1n) is 8.65. The van der Waals surface area contributed by atoms with E-state index in [1.165, 1.54) is 0 Å². The molecule has 0 saturated carbocycles. The van der Waals surface area contributed by atoms with Crippen LogP contribution < -0.4 is 4.74 Å². The van der Waals surface area contributed by atoms with Crippen molar-refractivity contribution in [3.63, 3.8) is 0 Å². The molecule has 0 aliphatic rings. The molecule has 0 aliphatic heterocycles. The Labute approximate surface area is 148 Å². The predicted octanol–water partition coefficient (Wildman–Crippen LogP) is 4.34. The van der Waals surface area contributed by atoms with Crippen LogP contribution in [0.25, 0.3) is 11.1 Å². The zero-order valence-electron chi connectivity index (χ0n) is 14.8. The molecule has 3 aromatic rings. The average Bonchev–Trinajstić information content (AvgIpc) is 3.10. The van der Waals surface area contributed by atoms with Gasteiger partial charge in [-0.1, -0.05) is 37.3 Å². The number of hydrogen-bond acceptors (Lipinski definition) is 3. The van der Waals surface area contributed by atoms with Gasteiger partial charge in [-0.05, 0) is 42.2 Å². The molecule has 4 nitrogen and oxygen atoms in total. The zero-order valence-corrected chi connectivity index (χ0v) is 14.8. The van der Waals surface area contributed by atoms with Crippen molar-refractivity contribution in [2.75, 3.05) is 0 Å². The van der Waals surface area contributed by atoms with Gasteiger partial charge in [-0.2, -0.15) is 5.10 Å². The lowest BCUT2D eigenvalue weighted by atomic mass is 10.0. The van der Waals surface area contributed by atoms with E-state index in [0.717, 1.165) is 46.5 Å². The Hall–Kier alpha value is -2.59. The third-order valence-corrected chi connectivity index (χ3v) is 4.17. The van der Waals surface area contributed by atoms with E-state index >= 15 is 0 Å². The molecule has 0 spiro atoms. The first-order chi connectivity index (χ1) is 12.2. The number of aliphatic hydroxyl groups is 1. The molecule has 3 rings (SSSR count). The summed E-state index contributed by atoms with van der Waals surface area (Å²) < 4.78 is 7.95. The van der Waals surface area contributed by atoms with Gasteiger partial charge in [0.2, 0.25) is 0 Å². The molecule has 2 aromatic carbocycles. The summed E-state index contributed by atoms with van der Waals surface area (Å²) in [5, 5.41) is 14.2. The minimum atomic E-state index is -0.0537.